The van der Waals surface area contributed by atoms with E-state index in [0.29, 0.717) is 16.5 Å². The highest BCUT2D eigenvalue weighted by atomic mass is 35.5. The van der Waals surface area contributed by atoms with Gasteiger partial charge in [-0.1, -0.05) is 90.8 Å². The molecule has 0 N–H and O–H groups in total. The molecule has 0 fully saturated rings. The second-order valence-electron chi connectivity index (χ2n) is 8.14. The molecule has 4 heteroatoms. The van der Waals surface area contributed by atoms with Gasteiger partial charge >= 0.3 is 0 Å². The minimum atomic E-state index is -0.234. The average molecular weight is 474 g/mol. The van der Waals surface area contributed by atoms with Crippen LogP contribution in [0.5, 0.6) is 0 Å². The van der Waals surface area contributed by atoms with E-state index in [2.05, 4.69) is 0 Å². The van der Waals surface area contributed by atoms with Crippen LogP contribution in [0.3, 0.4) is 0 Å². The van der Waals surface area contributed by atoms with E-state index < -0.39 is 0 Å². The quantitative estimate of drug-likeness (QED) is 0.263. The molecule has 2 nitrogen and oxygen atoms in total. The van der Waals surface area contributed by atoms with Gasteiger partial charge in [0.25, 0.3) is 0 Å². The summed E-state index contributed by atoms with van der Waals surface area (Å²) in [4.78, 5) is 15.6. The molecule has 1 atom stereocenters. The number of anilines is 2. The number of benzene rings is 4. The molecule has 33 heavy (non-hydrogen) atoms. The van der Waals surface area contributed by atoms with E-state index in [1.807, 2.05) is 121 Å². The third-order valence-electron chi connectivity index (χ3n) is 5.80. The molecule has 0 spiro atoms. The van der Waals surface area contributed by atoms with Crippen molar-refractivity contribution in [3.8, 4) is 0 Å². The molecule has 0 heterocycles. The maximum atomic E-state index is 13.8. The predicted molar refractivity (Wildman–Crippen MR) is 139 cm³/mol. The Kier molecular flexibility index (Phi) is 7.49. The van der Waals surface area contributed by atoms with Crippen molar-refractivity contribution >= 4 is 40.5 Å². The third kappa shape index (κ3) is 5.65. The first kappa shape index (κ1) is 23.1. The first-order chi connectivity index (χ1) is 16.0. The molecule has 0 saturated carbocycles. The van der Waals surface area contributed by atoms with Gasteiger partial charge in [0.05, 0.1) is 0 Å². The molecule has 0 aliphatic heterocycles. The summed E-state index contributed by atoms with van der Waals surface area (Å²) < 4.78 is 0. The molecule has 0 bridgehead atoms. The zero-order valence-corrected chi connectivity index (χ0v) is 19.9. The van der Waals surface area contributed by atoms with E-state index in [9.17, 15) is 4.79 Å². The second kappa shape index (κ2) is 10.7. The molecule has 4 aromatic rings. The fourth-order valence-electron chi connectivity index (χ4n) is 4.09. The van der Waals surface area contributed by atoms with Crippen LogP contribution in [0.1, 0.15) is 30.4 Å². The first-order valence-corrected chi connectivity index (χ1v) is 11.7. The normalized spacial score (nSPS) is 11.9. The minimum absolute atomic E-state index is 0.0341. The molecule has 0 aliphatic rings. The number of hydrogen-bond donors (Lipinski definition) is 0. The Hall–Kier alpha value is -3.07. The van der Waals surface area contributed by atoms with E-state index in [1.165, 1.54) is 0 Å². The molecule has 0 aliphatic carbocycles. The maximum Gasteiger partial charge on any atom is 0.234 e. The number of para-hydroxylation sites is 2. The molecule has 1 amide bonds. The van der Waals surface area contributed by atoms with E-state index in [-0.39, 0.29) is 17.7 Å². The van der Waals surface area contributed by atoms with Crippen LogP contribution in [0.4, 0.5) is 11.4 Å². The van der Waals surface area contributed by atoms with E-state index in [4.69, 9.17) is 23.2 Å². The zero-order chi connectivity index (χ0) is 23.2. The van der Waals surface area contributed by atoms with Crippen molar-refractivity contribution in [3.05, 3.63) is 130 Å². The lowest BCUT2D eigenvalue weighted by molar-refractivity contribution is -0.121. The number of nitrogens with zero attached hydrogens (tertiary/aromatic N) is 1. The average Bonchev–Trinajstić information content (AvgIpc) is 2.85. The van der Waals surface area contributed by atoms with Gasteiger partial charge in [0.1, 0.15) is 0 Å². The summed E-state index contributed by atoms with van der Waals surface area (Å²) in [5, 5.41) is 1.38. The van der Waals surface area contributed by atoms with Gasteiger partial charge in [0, 0.05) is 33.3 Å². The summed E-state index contributed by atoms with van der Waals surface area (Å²) in [6, 6.07) is 35.3. The summed E-state index contributed by atoms with van der Waals surface area (Å²) in [5.74, 6) is -0.144. The number of halogens is 2. The number of hydrogen-bond acceptors (Lipinski definition) is 1. The molecule has 166 valence electrons. The molecule has 0 saturated heterocycles. The molecule has 4 rings (SSSR count). The Labute approximate surface area is 205 Å². The van der Waals surface area contributed by atoms with Crippen LogP contribution >= 0.6 is 23.2 Å². The number of amides is 1. The lowest BCUT2D eigenvalue weighted by Crippen LogP contribution is -2.32. The topological polar surface area (TPSA) is 20.3 Å². The summed E-state index contributed by atoms with van der Waals surface area (Å²) in [5.41, 5.74) is 3.95. The van der Waals surface area contributed by atoms with Crippen molar-refractivity contribution in [2.75, 3.05) is 4.90 Å². The van der Waals surface area contributed by atoms with Crippen molar-refractivity contribution in [1.82, 2.24) is 0 Å². The number of carbonyl (C=O) groups excluding carboxylic acids is 1. The third-order valence-corrected chi connectivity index (χ3v) is 6.31. The monoisotopic (exact) mass is 473 g/mol. The summed E-state index contributed by atoms with van der Waals surface area (Å²) >= 11 is 12.3. The van der Waals surface area contributed by atoms with Crippen molar-refractivity contribution in [2.45, 2.75) is 19.3 Å². The summed E-state index contributed by atoms with van der Waals surface area (Å²) in [6.07, 6.45) is 0.651. The van der Waals surface area contributed by atoms with Gasteiger partial charge in [-0.25, -0.2) is 0 Å². The van der Waals surface area contributed by atoms with Crippen molar-refractivity contribution in [1.29, 1.82) is 0 Å². The van der Waals surface area contributed by atoms with Crippen molar-refractivity contribution in [3.63, 3.8) is 0 Å². The van der Waals surface area contributed by atoms with Gasteiger partial charge in [0.2, 0.25) is 5.91 Å². The maximum absolute atomic E-state index is 13.8. The molecule has 1 unspecified atom stereocenters. The van der Waals surface area contributed by atoms with Gasteiger partial charge in [-0.05, 0) is 66.1 Å². The van der Waals surface area contributed by atoms with Crippen LogP contribution in [-0.4, -0.2) is 5.91 Å². The highest BCUT2D eigenvalue weighted by Gasteiger charge is 2.27. The van der Waals surface area contributed by atoms with Crippen molar-refractivity contribution in [2.24, 2.45) is 5.92 Å². The van der Waals surface area contributed by atoms with Crippen LogP contribution in [-0.2, 0) is 4.79 Å². The van der Waals surface area contributed by atoms with Gasteiger partial charge in [-0.3, -0.25) is 9.69 Å². The number of rotatable bonds is 7. The van der Waals surface area contributed by atoms with Crippen LogP contribution in [0.15, 0.2) is 109 Å². The Bertz CT molecular complexity index is 1090. The standard InChI is InChI=1S/C29H25Cl2NO/c1-21(29(33)32(26-8-4-2-5-9-26)27-10-6-3-7-11-27)20-28(22-12-16-24(30)17-13-22)23-14-18-25(31)19-15-23/h2-19,21,28H,20H2,1H3. The van der Waals surface area contributed by atoms with Crippen LogP contribution in [0.25, 0.3) is 0 Å². The Morgan fingerprint density at radius 1 is 0.667 bits per heavy atom. The smallest absolute Gasteiger partial charge is 0.234 e. The lowest BCUT2D eigenvalue weighted by Gasteiger charge is -2.28. The van der Waals surface area contributed by atoms with Crippen LogP contribution < -0.4 is 4.90 Å². The molecule has 0 radical (unpaired) electrons. The summed E-state index contributed by atoms with van der Waals surface area (Å²) in [7, 11) is 0. The highest BCUT2D eigenvalue weighted by molar-refractivity contribution is 6.30. The second-order valence-corrected chi connectivity index (χ2v) is 9.01. The van der Waals surface area contributed by atoms with E-state index >= 15 is 0 Å². The predicted octanol–water partition coefficient (Wildman–Crippen LogP) is 8.52. The molecular weight excluding hydrogens is 449 g/mol. The van der Waals surface area contributed by atoms with Crippen molar-refractivity contribution < 1.29 is 4.79 Å². The van der Waals surface area contributed by atoms with Gasteiger partial charge in [-0.15, -0.1) is 0 Å². The fraction of sp³-hybridized carbons (Fsp3) is 0.138. The molecule has 4 aromatic carbocycles. The minimum Gasteiger partial charge on any atom is -0.281 e. The summed E-state index contributed by atoms with van der Waals surface area (Å²) in [6.45, 7) is 2.00. The zero-order valence-electron chi connectivity index (χ0n) is 18.4. The van der Waals surface area contributed by atoms with E-state index in [1.54, 1.807) is 0 Å². The van der Waals surface area contributed by atoms with Crippen LogP contribution in [0, 0.1) is 5.92 Å². The molecule has 0 aromatic heterocycles. The van der Waals surface area contributed by atoms with Gasteiger partial charge in [-0.2, -0.15) is 0 Å². The Balaban J connectivity index is 1.67. The van der Waals surface area contributed by atoms with E-state index in [0.717, 1.165) is 22.5 Å². The molecular formula is C29H25Cl2NO. The van der Waals surface area contributed by atoms with Gasteiger partial charge in [0.15, 0.2) is 0 Å². The number of carbonyl (C=O) groups is 1. The first-order valence-electron chi connectivity index (χ1n) is 11.0. The Morgan fingerprint density at radius 2 is 1.06 bits per heavy atom. The van der Waals surface area contributed by atoms with Crippen LogP contribution in [0.2, 0.25) is 10.0 Å². The SMILES string of the molecule is CC(CC(c1ccc(Cl)cc1)c1ccc(Cl)cc1)C(=O)N(c1ccccc1)c1ccccc1. The van der Waals surface area contributed by atoms with Gasteiger partial charge < -0.3 is 0 Å². The fourth-order valence-corrected chi connectivity index (χ4v) is 4.34. The Morgan fingerprint density at radius 3 is 1.45 bits per heavy atom. The highest BCUT2D eigenvalue weighted by Crippen LogP contribution is 2.35. The largest absolute Gasteiger partial charge is 0.281 e. The lowest BCUT2D eigenvalue weighted by atomic mass is 9.83.